The molecule has 162 valence electrons. The fraction of sp³-hybridized carbons (Fsp3) is 0.250. The van der Waals surface area contributed by atoms with Crippen molar-refractivity contribution in [2.45, 2.75) is 19.4 Å². The number of furan rings is 1. The van der Waals surface area contributed by atoms with Crippen LogP contribution in [-0.4, -0.2) is 34.2 Å². The quantitative estimate of drug-likeness (QED) is 0.474. The fourth-order valence-electron chi connectivity index (χ4n) is 3.87. The van der Waals surface area contributed by atoms with E-state index < -0.39 is 0 Å². The predicted molar refractivity (Wildman–Crippen MR) is 124 cm³/mol. The molecule has 4 heterocycles. The number of aromatic nitrogens is 3. The van der Waals surface area contributed by atoms with E-state index in [2.05, 4.69) is 25.4 Å². The topological polar surface area (TPSA) is 84.2 Å². The molecule has 32 heavy (non-hydrogen) atoms. The molecule has 1 aromatic carbocycles. The number of benzene rings is 1. The van der Waals surface area contributed by atoms with Gasteiger partial charge in [-0.1, -0.05) is 30.3 Å². The van der Waals surface area contributed by atoms with Gasteiger partial charge >= 0.3 is 0 Å². The van der Waals surface area contributed by atoms with Crippen molar-refractivity contribution >= 4 is 23.1 Å². The zero-order valence-corrected chi connectivity index (χ0v) is 18.3. The third-order valence-electron chi connectivity index (χ3n) is 5.56. The summed E-state index contributed by atoms with van der Waals surface area (Å²) in [5.41, 5.74) is 2.68. The van der Waals surface area contributed by atoms with Crippen molar-refractivity contribution in [2.24, 2.45) is 5.92 Å². The lowest BCUT2D eigenvalue weighted by Gasteiger charge is -2.32. The summed E-state index contributed by atoms with van der Waals surface area (Å²) in [4.78, 5) is 19.6. The number of nitrogens with one attached hydrogen (secondary N) is 1. The maximum absolute atomic E-state index is 12.8. The van der Waals surface area contributed by atoms with Crippen LogP contribution in [0, 0.1) is 5.92 Å². The molecule has 0 aliphatic carbocycles. The third kappa shape index (κ3) is 4.55. The number of nitrogens with zero attached hydrogens (tertiary/aromatic N) is 4. The molecule has 0 bridgehead atoms. The van der Waals surface area contributed by atoms with Crippen molar-refractivity contribution in [3.63, 3.8) is 0 Å². The first-order valence-electron chi connectivity index (χ1n) is 10.7. The molecule has 0 saturated carbocycles. The normalized spacial score (nSPS) is 16.1. The smallest absolute Gasteiger partial charge is 0.225 e. The van der Waals surface area contributed by atoms with Gasteiger partial charge in [0, 0.05) is 24.0 Å². The second kappa shape index (κ2) is 9.32. The molecule has 3 aromatic heterocycles. The molecule has 1 aliphatic heterocycles. The molecule has 1 atom stereocenters. The first-order chi connectivity index (χ1) is 15.8. The van der Waals surface area contributed by atoms with Gasteiger partial charge in [0.15, 0.2) is 11.6 Å². The Morgan fingerprint density at radius 2 is 2.03 bits per heavy atom. The van der Waals surface area contributed by atoms with Crippen LogP contribution >= 0.6 is 11.3 Å². The molecule has 7 nitrogen and oxygen atoms in total. The van der Waals surface area contributed by atoms with Crippen molar-refractivity contribution in [1.29, 1.82) is 0 Å². The fourth-order valence-corrected chi connectivity index (χ4v) is 4.70. The van der Waals surface area contributed by atoms with Crippen LogP contribution in [0.25, 0.3) is 22.0 Å². The monoisotopic (exact) mass is 445 g/mol. The molecule has 0 spiro atoms. The Bertz CT molecular complexity index is 1160. The highest BCUT2D eigenvalue weighted by Crippen LogP contribution is 2.25. The Labute approximate surface area is 190 Å². The Morgan fingerprint density at radius 1 is 1.12 bits per heavy atom. The molecule has 1 aliphatic rings. The molecule has 1 saturated heterocycles. The van der Waals surface area contributed by atoms with E-state index in [0.29, 0.717) is 24.5 Å². The average molecular weight is 446 g/mol. The molecule has 0 unspecified atom stereocenters. The minimum atomic E-state index is -0.0810. The Hall–Kier alpha value is -3.52. The highest BCUT2D eigenvalue weighted by atomic mass is 32.1. The van der Waals surface area contributed by atoms with E-state index in [9.17, 15) is 4.79 Å². The Kier molecular flexibility index (Phi) is 5.93. The third-order valence-corrected chi connectivity index (χ3v) is 6.50. The average Bonchev–Trinajstić information content (AvgIpc) is 3.56. The van der Waals surface area contributed by atoms with E-state index in [0.717, 1.165) is 41.5 Å². The SMILES string of the molecule is O=C(NCc1csc(-c2ccccc2)n1)[C@@H]1CCCN(c2ccc(-c3ccco3)nn2)C1. The van der Waals surface area contributed by atoms with Gasteiger partial charge in [0.2, 0.25) is 5.91 Å². The highest BCUT2D eigenvalue weighted by Gasteiger charge is 2.26. The summed E-state index contributed by atoms with van der Waals surface area (Å²) in [7, 11) is 0. The van der Waals surface area contributed by atoms with E-state index in [1.165, 1.54) is 0 Å². The Balaban J connectivity index is 1.17. The van der Waals surface area contributed by atoms with Crippen molar-refractivity contribution in [1.82, 2.24) is 20.5 Å². The van der Waals surface area contributed by atoms with Crippen molar-refractivity contribution in [2.75, 3.05) is 18.0 Å². The van der Waals surface area contributed by atoms with E-state index >= 15 is 0 Å². The molecule has 1 fully saturated rings. The zero-order chi connectivity index (χ0) is 21.8. The van der Waals surface area contributed by atoms with Gasteiger partial charge in [0.1, 0.15) is 10.7 Å². The summed E-state index contributed by atoms with van der Waals surface area (Å²) in [6, 6.07) is 17.6. The lowest BCUT2D eigenvalue weighted by Crippen LogP contribution is -2.43. The van der Waals surface area contributed by atoms with Gasteiger partial charge in [0.05, 0.1) is 24.4 Å². The van der Waals surface area contributed by atoms with Gasteiger partial charge in [0.25, 0.3) is 0 Å². The number of hydrogen-bond acceptors (Lipinski definition) is 7. The van der Waals surface area contributed by atoms with Crippen LogP contribution in [0.4, 0.5) is 5.82 Å². The number of thiazole rings is 1. The summed E-state index contributed by atoms with van der Waals surface area (Å²) < 4.78 is 5.37. The molecule has 0 radical (unpaired) electrons. The molecular weight excluding hydrogens is 422 g/mol. The summed E-state index contributed by atoms with van der Waals surface area (Å²) in [5.74, 6) is 1.45. The molecule has 1 N–H and O–H groups in total. The standard InChI is InChI=1S/C24H23N5O2S/c30-23(25-14-19-16-32-24(26-19)17-6-2-1-3-7-17)18-8-4-12-29(15-18)22-11-10-20(27-28-22)21-9-5-13-31-21/h1-3,5-7,9-11,13,16,18H,4,8,12,14-15H2,(H,25,30)/t18-/m1/s1. The van der Waals surface area contributed by atoms with Crippen molar-refractivity contribution < 1.29 is 9.21 Å². The highest BCUT2D eigenvalue weighted by molar-refractivity contribution is 7.13. The molecular formula is C24H23N5O2S. The van der Waals surface area contributed by atoms with Gasteiger partial charge < -0.3 is 14.6 Å². The van der Waals surface area contributed by atoms with E-state index in [4.69, 9.17) is 4.42 Å². The number of carbonyl (C=O) groups excluding carboxylic acids is 1. The summed E-state index contributed by atoms with van der Waals surface area (Å²) >= 11 is 1.60. The van der Waals surface area contributed by atoms with Crippen LogP contribution in [0.2, 0.25) is 0 Å². The number of piperidine rings is 1. The Morgan fingerprint density at radius 3 is 2.81 bits per heavy atom. The predicted octanol–water partition coefficient (Wildman–Crippen LogP) is 4.39. The van der Waals surface area contributed by atoms with E-state index in [-0.39, 0.29) is 11.8 Å². The number of carbonyl (C=O) groups is 1. The van der Waals surface area contributed by atoms with Gasteiger partial charge in [-0.25, -0.2) is 4.98 Å². The summed E-state index contributed by atoms with van der Waals surface area (Å²) in [6.45, 7) is 1.94. The molecule has 4 aromatic rings. The number of hydrogen-bond donors (Lipinski definition) is 1. The lowest BCUT2D eigenvalue weighted by atomic mass is 9.97. The number of amides is 1. The van der Waals surface area contributed by atoms with Crippen LogP contribution in [0.5, 0.6) is 0 Å². The summed E-state index contributed by atoms with van der Waals surface area (Å²) in [6.07, 6.45) is 3.42. The first kappa shape index (κ1) is 20.4. The second-order valence-electron chi connectivity index (χ2n) is 7.77. The van der Waals surface area contributed by atoms with Gasteiger partial charge in [-0.2, -0.15) is 0 Å². The maximum Gasteiger partial charge on any atom is 0.225 e. The van der Waals surface area contributed by atoms with Gasteiger partial charge in [-0.3, -0.25) is 4.79 Å². The van der Waals surface area contributed by atoms with Crippen LogP contribution in [0.3, 0.4) is 0 Å². The molecule has 1 amide bonds. The minimum absolute atomic E-state index is 0.0594. The second-order valence-corrected chi connectivity index (χ2v) is 8.63. The van der Waals surface area contributed by atoms with Crippen molar-refractivity contribution in [3.05, 3.63) is 71.9 Å². The molecule has 5 rings (SSSR count). The van der Waals surface area contributed by atoms with E-state index in [1.54, 1.807) is 17.6 Å². The summed E-state index contributed by atoms with van der Waals surface area (Å²) in [5, 5.41) is 14.7. The van der Waals surface area contributed by atoms with Gasteiger partial charge in [-0.05, 0) is 37.1 Å². The number of anilines is 1. The largest absolute Gasteiger partial charge is 0.463 e. The lowest BCUT2D eigenvalue weighted by molar-refractivity contribution is -0.125. The zero-order valence-electron chi connectivity index (χ0n) is 17.5. The molecule has 8 heteroatoms. The van der Waals surface area contributed by atoms with Crippen LogP contribution in [0.1, 0.15) is 18.5 Å². The van der Waals surface area contributed by atoms with Crippen molar-refractivity contribution in [3.8, 4) is 22.0 Å². The first-order valence-corrected chi connectivity index (χ1v) is 11.5. The van der Waals surface area contributed by atoms with E-state index in [1.807, 2.05) is 60.0 Å². The minimum Gasteiger partial charge on any atom is -0.463 e. The maximum atomic E-state index is 12.8. The van der Waals surface area contributed by atoms with Gasteiger partial charge in [-0.15, -0.1) is 21.5 Å². The van der Waals surface area contributed by atoms with Crippen LogP contribution < -0.4 is 10.2 Å². The van der Waals surface area contributed by atoms with Crippen LogP contribution in [-0.2, 0) is 11.3 Å². The van der Waals surface area contributed by atoms with Crippen LogP contribution in [0.15, 0.2) is 70.7 Å². The number of rotatable bonds is 6.